The van der Waals surface area contributed by atoms with E-state index in [0.717, 1.165) is 18.4 Å². The van der Waals surface area contributed by atoms with Crippen molar-refractivity contribution < 1.29 is 14.0 Å². The largest absolute Gasteiger partial charge is 0.355 e. The van der Waals surface area contributed by atoms with Gasteiger partial charge in [-0.15, -0.1) is 0 Å². The zero-order valence-electron chi connectivity index (χ0n) is 16.3. The first-order valence-electron chi connectivity index (χ1n) is 10.1. The molecule has 0 bridgehead atoms. The van der Waals surface area contributed by atoms with Crippen LogP contribution in [0.15, 0.2) is 24.3 Å². The second-order valence-electron chi connectivity index (χ2n) is 7.72. The molecule has 1 aliphatic heterocycles. The van der Waals surface area contributed by atoms with Crippen LogP contribution in [0.3, 0.4) is 0 Å². The zero-order chi connectivity index (χ0) is 19.4. The van der Waals surface area contributed by atoms with Crippen molar-refractivity contribution in [2.24, 2.45) is 5.92 Å². The maximum Gasteiger partial charge on any atom is 0.319 e. The molecule has 1 aliphatic carbocycles. The van der Waals surface area contributed by atoms with Gasteiger partial charge in [-0.3, -0.25) is 4.79 Å². The van der Waals surface area contributed by atoms with Gasteiger partial charge in [0, 0.05) is 44.1 Å². The Bertz CT molecular complexity index is 661. The van der Waals surface area contributed by atoms with E-state index in [9.17, 15) is 14.0 Å². The second kappa shape index (κ2) is 8.28. The fraction of sp³-hybridized carbons (Fsp3) is 0.619. The minimum absolute atomic E-state index is 0.0250. The molecule has 1 saturated carbocycles. The molecule has 0 unspecified atom stereocenters. The molecule has 0 radical (unpaired) electrons. The van der Waals surface area contributed by atoms with Crippen LogP contribution in [0.2, 0.25) is 0 Å². The molecule has 5 nitrogen and oxygen atoms in total. The number of urea groups is 1. The molecule has 27 heavy (non-hydrogen) atoms. The van der Waals surface area contributed by atoms with Gasteiger partial charge in [0.1, 0.15) is 5.82 Å². The Labute approximate surface area is 160 Å². The number of rotatable bonds is 6. The highest BCUT2D eigenvalue weighted by Gasteiger charge is 2.44. The van der Waals surface area contributed by atoms with Crippen molar-refractivity contribution in [1.29, 1.82) is 0 Å². The first-order valence-corrected chi connectivity index (χ1v) is 10.1. The average molecular weight is 375 g/mol. The van der Waals surface area contributed by atoms with Gasteiger partial charge >= 0.3 is 6.03 Å². The molecule has 3 rings (SSSR count). The van der Waals surface area contributed by atoms with Gasteiger partial charge in [-0.2, -0.15) is 0 Å². The number of carbonyl (C=O) groups excluding carboxylic acids is 2. The molecule has 1 N–H and O–H groups in total. The van der Waals surface area contributed by atoms with Crippen molar-refractivity contribution in [1.82, 2.24) is 15.1 Å². The molecule has 1 saturated heterocycles. The number of amides is 3. The van der Waals surface area contributed by atoms with E-state index in [1.54, 1.807) is 0 Å². The van der Waals surface area contributed by atoms with Crippen molar-refractivity contribution in [3.63, 3.8) is 0 Å². The van der Waals surface area contributed by atoms with E-state index in [1.807, 2.05) is 35.8 Å². The summed E-state index contributed by atoms with van der Waals surface area (Å²) < 4.78 is 13.1. The van der Waals surface area contributed by atoms with Crippen LogP contribution in [-0.4, -0.2) is 54.5 Å². The monoisotopic (exact) mass is 375 g/mol. The van der Waals surface area contributed by atoms with Gasteiger partial charge in [-0.1, -0.05) is 12.1 Å². The van der Waals surface area contributed by atoms with Gasteiger partial charge < -0.3 is 15.1 Å². The van der Waals surface area contributed by atoms with Crippen LogP contribution in [-0.2, 0) is 10.2 Å². The number of hydrogen-bond acceptors (Lipinski definition) is 2. The van der Waals surface area contributed by atoms with E-state index in [-0.39, 0.29) is 29.1 Å². The number of nitrogens with one attached hydrogen (secondary N) is 1. The number of hydrogen-bond donors (Lipinski definition) is 1. The standard InChI is InChI=1S/C21H30FN3O2/c1-3-24(4-2)20(27)25-13-9-16(10-14-25)19(26)23-15-21(11-12-21)17-5-7-18(22)8-6-17/h5-8,16H,3-4,9-15H2,1-2H3,(H,23,26). The van der Waals surface area contributed by atoms with E-state index in [4.69, 9.17) is 0 Å². The smallest absolute Gasteiger partial charge is 0.319 e. The van der Waals surface area contributed by atoms with Crippen molar-refractivity contribution in [2.45, 2.75) is 44.9 Å². The summed E-state index contributed by atoms with van der Waals surface area (Å²) in [5.74, 6) is -0.183. The lowest BCUT2D eigenvalue weighted by atomic mass is 9.93. The van der Waals surface area contributed by atoms with Gasteiger partial charge in [0.15, 0.2) is 0 Å². The van der Waals surface area contributed by atoms with Crippen molar-refractivity contribution >= 4 is 11.9 Å². The highest BCUT2D eigenvalue weighted by atomic mass is 19.1. The lowest BCUT2D eigenvalue weighted by Crippen LogP contribution is -2.48. The summed E-state index contributed by atoms with van der Waals surface area (Å²) in [5.41, 5.74) is 1.08. The molecule has 148 valence electrons. The summed E-state index contributed by atoms with van der Waals surface area (Å²) in [6.07, 6.45) is 3.47. The van der Waals surface area contributed by atoms with Crippen LogP contribution in [0, 0.1) is 11.7 Å². The normalized spacial score (nSPS) is 18.9. The SMILES string of the molecule is CCN(CC)C(=O)N1CCC(C(=O)NCC2(c3ccc(F)cc3)CC2)CC1. The zero-order valence-corrected chi connectivity index (χ0v) is 16.3. The van der Waals surface area contributed by atoms with Gasteiger partial charge in [0.2, 0.25) is 5.91 Å². The third-order valence-electron chi connectivity index (χ3n) is 6.08. The summed E-state index contributed by atoms with van der Waals surface area (Å²) in [6, 6.07) is 6.70. The van der Waals surface area contributed by atoms with E-state index in [2.05, 4.69) is 5.32 Å². The molecule has 3 amide bonds. The number of halogens is 1. The minimum atomic E-state index is -0.232. The summed E-state index contributed by atoms with van der Waals surface area (Å²) in [7, 11) is 0. The Balaban J connectivity index is 1.47. The van der Waals surface area contributed by atoms with E-state index in [1.165, 1.54) is 12.1 Å². The number of piperidine rings is 1. The quantitative estimate of drug-likeness (QED) is 0.830. The number of likely N-dealkylation sites (tertiary alicyclic amines) is 1. The molecule has 2 aliphatic rings. The summed E-state index contributed by atoms with van der Waals surface area (Å²) in [6.45, 7) is 7.26. The maximum atomic E-state index is 13.1. The molecule has 2 fully saturated rings. The Kier molecular flexibility index (Phi) is 6.02. The number of benzene rings is 1. The van der Waals surface area contributed by atoms with Crippen LogP contribution in [0.1, 0.15) is 45.1 Å². The highest BCUT2D eigenvalue weighted by Crippen LogP contribution is 2.47. The first-order chi connectivity index (χ1) is 13.0. The van der Waals surface area contributed by atoms with Crippen LogP contribution in [0.5, 0.6) is 0 Å². The fourth-order valence-corrected chi connectivity index (χ4v) is 3.95. The Morgan fingerprint density at radius 2 is 1.74 bits per heavy atom. The topological polar surface area (TPSA) is 52.7 Å². The van der Waals surface area contributed by atoms with Gasteiger partial charge in [0.25, 0.3) is 0 Å². The summed E-state index contributed by atoms with van der Waals surface area (Å²) >= 11 is 0. The molecular weight excluding hydrogens is 345 g/mol. The average Bonchev–Trinajstić information content (AvgIpc) is 3.49. The van der Waals surface area contributed by atoms with E-state index < -0.39 is 0 Å². The lowest BCUT2D eigenvalue weighted by Gasteiger charge is -2.35. The predicted octanol–water partition coefficient (Wildman–Crippen LogP) is 3.15. The third kappa shape index (κ3) is 4.42. The molecule has 0 spiro atoms. The molecule has 1 heterocycles. The van der Waals surface area contributed by atoms with Crippen molar-refractivity contribution in [2.75, 3.05) is 32.7 Å². The number of nitrogens with zero attached hydrogens (tertiary/aromatic N) is 2. The maximum absolute atomic E-state index is 13.1. The van der Waals surface area contributed by atoms with Crippen molar-refractivity contribution in [3.05, 3.63) is 35.6 Å². The van der Waals surface area contributed by atoms with Crippen molar-refractivity contribution in [3.8, 4) is 0 Å². The molecular formula is C21H30FN3O2. The van der Waals surface area contributed by atoms with Gasteiger partial charge in [-0.25, -0.2) is 9.18 Å². The Hall–Kier alpha value is -2.11. The molecule has 6 heteroatoms. The Morgan fingerprint density at radius 1 is 1.15 bits per heavy atom. The first kappa shape index (κ1) is 19.6. The third-order valence-corrected chi connectivity index (χ3v) is 6.08. The molecule has 1 aromatic rings. The fourth-order valence-electron chi connectivity index (χ4n) is 3.95. The number of carbonyl (C=O) groups is 2. The Morgan fingerprint density at radius 3 is 2.26 bits per heavy atom. The molecule has 0 aromatic heterocycles. The summed E-state index contributed by atoms with van der Waals surface area (Å²) in [4.78, 5) is 28.7. The molecule has 0 atom stereocenters. The van der Waals surface area contributed by atoms with Crippen LogP contribution in [0.4, 0.5) is 9.18 Å². The van der Waals surface area contributed by atoms with Gasteiger partial charge in [0.05, 0.1) is 0 Å². The summed E-state index contributed by atoms with van der Waals surface area (Å²) in [5, 5.41) is 3.11. The van der Waals surface area contributed by atoms with Crippen LogP contribution in [0.25, 0.3) is 0 Å². The van der Waals surface area contributed by atoms with E-state index >= 15 is 0 Å². The minimum Gasteiger partial charge on any atom is -0.355 e. The van der Waals surface area contributed by atoms with Crippen LogP contribution >= 0.6 is 0 Å². The molecule has 1 aromatic carbocycles. The predicted molar refractivity (Wildman–Crippen MR) is 103 cm³/mol. The second-order valence-corrected chi connectivity index (χ2v) is 7.72. The van der Waals surface area contributed by atoms with Gasteiger partial charge in [-0.05, 0) is 57.2 Å². The lowest BCUT2D eigenvalue weighted by molar-refractivity contribution is -0.126. The highest BCUT2D eigenvalue weighted by molar-refractivity contribution is 5.80. The van der Waals surface area contributed by atoms with Crippen LogP contribution < -0.4 is 5.32 Å². The van der Waals surface area contributed by atoms with E-state index in [0.29, 0.717) is 45.6 Å².